The number of nitrogens with zero attached hydrogens (tertiary/aromatic N) is 2. The number of carbonyl (C=O) groups excluding carboxylic acids is 2. The Labute approximate surface area is 160 Å². The second-order valence-electron chi connectivity index (χ2n) is 6.92. The van der Waals surface area contributed by atoms with Crippen LogP contribution in [-0.4, -0.2) is 16.6 Å². The number of nitro groups is 1. The third-order valence-corrected chi connectivity index (χ3v) is 5.27. The zero-order chi connectivity index (χ0) is 19.8. The van der Waals surface area contributed by atoms with Crippen LogP contribution in [0.3, 0.4) is 0 Å². The highest BCUT2D eigenvalue weighted by Gasteiger charge is 2.41. The fraction of sp³-hybridized carbons (Fsp3) is 0.238. The molecule has 0 spiro atoms. The van der Waals surface area contributed by atoms with Gasteiger partial charge in [0.2, 0.25) is 5.91 Å². The van der Waals surface area contributed by atoms with E-state index < -0.39 is 16.7 Å². The minimum atomic E-state index is -0.528. The summed E-state index contributed by atoms with van der Waals surface area (Å²) in [6.07, 6.45) is 1.44. The van der Waals surface area contributed by atoms with Gasteiger partial charge in [-0.05, 0) is 36.6 Å². The minimum absolute atomic E-state index is 0.00224. The number of hydrogen-bond donors (Lipinski definition) is 0. The first kappa shape index (κ1) is 18.0. The third-order valence-electron chi connectivity index (χ3n) is 5.27. The zero-order valence-corrected chi connectivity index (χ0v) is 14.9. The molecule has 6 nitrogen and oxygen atoms in total. The van der Waals surface area contributed by atoms with Gasteiger partial charge in [0.25, 0.3) is 5.69 Å². The first-order chi connectivity index (χ1) is 13.5. The lowest BCUT2D eigenvalue weighted by atomic mass is 9.77. The second kappa shape index (κ2) is 6.99. The number of hydrogen-bond acceptors (Lipinski definition) is 4. The Balaban J connectivity index is 1.89. The summed E-state index contributed by atoms with van der Waals surface area (Å²) in [6.45, 7) is 0. The van der Waals surface area contributed by atoms with Crippen molar-refractivity contribution in [3.8, 4) is 0 Å². The number of carbonyl (C=O) groups is 2. The first-order valence-corrected chi connectivity index (χ1v) is 9.05. The van der Waals surface area contributed by atoms with Gasteiger partial charge in [0.05, 0.1) is 4.92 Å². The minimum Gasteiger partial charge on any atom is -0.294 e. The molecule has 2 aliphatic rings. The number of anilines is 1. The summed E-state index contributed by atoms with van der Waals surface area (Å²) in [5.41, 5.74) is 1.73. The average Bonchev–Trinajstić information content (AvgIpc) is 2.68. The Hall–Kier alpha value is -3.35. The van der Waals surface area contributed by atoms with Crippen LogP contribution in [0.5, 0.6) is 0 Å². The van der Waals surface area contributed by atoms with Crippen molar-refractivity contribution in [1.29, 1.82) is 0 Å². The van der Waals surface area contributed by atoms with Crippen molar-refractivity contribution in [2.45, 2.75) is 31.6 Å². The average molecular weight is 380 g/mol. The Morgan fingerprint density at radius 2 is 1.75 bits per heavy atom. The van der Waals surface area contributed by atoms with Crippen molar-refractivity contribution in [2.24, 2.45) is 0 Å². The smallest absolute Gasteiger partial charge is 0.293 e. The van der Waals surface area contributed by atoms with Crippen LogP contribution in [0.15, 0.2) is 59.8 Å². The molecular formula is C21H17FN2O4. The van der Waals surface area contributed by atoms with Crippen molar-refractivity contribution in [3.63, 3.8) is 0 Å². The highest BCUT2D eigenvalue weighted by molar-refractivity contribution is 6.08. The number of allylic oxidation sites excluding steroid dienone is 2. The van der Waals surface area contributed by atoms with Gasteiger partial charge >= 0.3 is 0 Å². The number of halogens is 1. The summed E-state index contributed by atoms with van der Waals surface area (Å²) in [4.78, 5) is 38.1. The Kier molecular flexibility index (Phi) is 4.50. The summed E-state index contributed by atoms with van der Waals surface area (Å²) in [7, 11) is 0. The first-order valence-electron chi connectivity index (χ1n) is 9.05. The lowest BCUT2D eigenvalue weighted by Crippen LogP contribution is -2.40. The maximum Gasteiger partial charge on any atom is 0.293 e. The molecule has 7 heteroatoms. The highest BCUT2D eigenvalue weighted by Crippen LogP contribution is 2.45. The van der Waals surface area contributed by atoms with E-state index in [4.69, 9.17) is 0 Å². The van der Waals surface area contributed by atoms with Crippen LogP contribution in [0.4, 0.5) is 15.8 Å². The number of Topliss-reactive ketones (excluding diaryl/α,β-unsaturated/α-hetero) is 1. The molecule has 0 N–H and O–H groups in total. The van der Waals surface area contributed by atoms with Crippen molar-refractivity contribution < 1.29 is 18.9 Å². The summed E-state index contributed by atoms with van der Waals surface area (Å²) in [5, 5.41) is 11.5. The van der Waals surface area contributed by atoms with E-state index in [0.29, 0.717) is 36.1 Å². The van der Waals surface area contributed by atoms with Crippen LogP contribution in [-0.2, 0) is 9.59 Å². The molecule has 2 aromatic rings. The van der Waals surface area contributed by atoms with Gasteiger partial charge in [0.1, 0.15) is 11.5 Å². The van der Waals surface area contributed by atoms with E-state index in [1.165, 1.54) is 29.2 Å². The summed E-state index contributed by atoms with van der Waals surface area (Å²) >= 11 is 0. The van der Waals surface area contributed by atoms with Gasteiger partial charge in [-0.3, -0.25) is 24.6 Å². The molecule has 28 heavy (non-hydrogen) atoms. The Morgan fingerprint density at radius 1 is 1.04 bits per heavy atom. The number of para-hydroxylation sites is 2. The summed E-state index contributed by atoms with van der Waals surface area (Å²) < 4.78 is 13.3. The topological polar surface area (TPSA) is 80.5 Å². The van der Waals surface area contributed by atoms with Crippen molar-refractivity contribution in [1.82, 2.24) is 0 Å². The lowest BCUT2D eigenvalue weighted by Gasteiger charge is -2.38. The quantitative estimate of drug-likeness (QED) is 0.589. The van der Waals surface area contributed by atoms with E-state index in [1.54, 1.807) is 24.3 Å². The van der Waals surface area contributed by atoms with Crippen molar-refractivity contribution in [2.75, 3.05) is 4.90 Å². The molecule has 0 bridgehead atoms. The van der Waals surface area contributed by atoms with E-state index in [9.17, 15) is 24.1 Å². The van der Waals surface area contributed by atoms with Gasteiger partial charge in [-0.15, -0.1) is 0 Å². The molecule has 0 saturated heterocycles. The summed E-state index contributed by atoms with van der Waals surface area (Å²) in [5.74, 6) is -1.23. The SMILES string of the molecule is O=C1CCCC2=C1C(c1ccc(F)cc1)CC(=O)N2c1ccccc1[N+](=O)[O-]. The molecule has 142 valence electrons. The fourth-order valence-corrected chi connectivity index (χ4v) is 4.06. The van der Waals surface area contributed by atoms with E-state index in [-0.39, 0.29) is 29.5 Å². The van der Waals surface area contributed by atoms with Crippen LogP contribution in [0.25, 0.3) is 0 Å². The molecule has 1 unspecified atom stereocenters. The maximum atomic E-state index is 13.3. The second-order valence-corrected chi connectivity index (χ2v) is 6.92. The molecule has 1 aliphatic heterocycles. The van der Waals surface area contributed by atoms with E-state index in [1.807, 2.05) is 0 Å². The van der Waals surface area contributed by atoms with Crippen LogP contribution >= 0.6 is 0 Å². The number of amides is 1. The van der Waals surface area contributed by atoms with E-state index in [2.05, 4.69) is 0 Å². The zero-order valence-electron chi connectivity index (χ0n) is 14.9. The molecule has 1 amide bonds. The number of benzene rings is 2. The van der Waals surface area contributed by atoms with Crippen LogP contribution in [0.2, 0.25) is 0 Å². The normalized spacial score (nSPS) is 19.6. The van der Waals surface area contributed by atoms with Gasteiger partial charge in [0, 0.05) is 36.1 Å². The Morgan fingerprint density at radius 3 is 2.46 bits per heavy atom. The lowest BCUT2D eigenvalue weighted by molar-refractivity contribution is -0.384. The number of ketones is 1. The largest absolute Gasteiger partial charge is 0.294 e. The molecule has 0 fully saturated rings. The third kappa shape index (κ3) is 2.98. The van der Waals surface area contributed by atoms with Crippen LogP contribution in [0.1, 0.15) is 37.2 Å². The van der Waals surface area contributed by atoms with Gasteiger partial charge < -0.3 is 0 Å². The summed E-state index contributed by atoms with van der Waals surface area (Å²) in [6, 6.07) is 11.8. The number of nitro benzene ring substituents is 1. The Bertz CT molecular complexity index is 1010. The predicted octanol–water partition coefficient (Wildman–Crippen LogP) is 4.26. The van der Waals surface area contributed by atoms with Gasteiger partial charge in [-0.1, -0.05) is 24.3 Å². The van der Waals surface area contributed by atoms with E-state index >= 15 is 0 Å². The molecule has 0 radical (unpaired) electrons. The van der Waals surface area contributed by atoms with Gasteiger partial charge in [-0.25, -0.2) is 4.39 Å². The monoisotopic (exact) mass is 380 g/mol. The molecule has 4 rings (SSSR count). The molecule has 1 atom stereocenters. The van der Waals surface area contributed by atoms with Gasteiger partial charge in [-0.2, -0.15) is 0 Å². The van der Waals surface area contributed by atoms with Crippen LogP contribution in [0, 0.1) is 15.9 Å². The van der Waals surface area contributed by atoms with Gasteiger partial charge in [0.15, 0.2) is 5.78 Å². The molecule has 0 saturated carbocycles. The molecule has 1 aliphatic carbocycles. The maximum absolute atomic E-state index is 13.3. The standard InChI is InChI=1S/C21H17FN2O4/c22-14-10-8-13(9-11-14)15-12-20(26)23(18-6-3-7-19(25)21(15)18)16-4-1-2-5-17(16)24(27)28/h1-2,4-5,8-11,15H,3,6-7,12H2. The molecule has 2 aromatic carbocycles. The fourth-order valence-electron chi connectivity index (χ4n) is 4.06. The van der Waals surface area contributed by atoms with Crippen molar-refractivity contribution >= 4 is 23.1 Å². The van der Waals surface area contributed by atoms with E-state index in [0.717, 1.165) is 0 Å². The predicted molar refractivity (Wildman–Crippen MR) is 100 cm³/mol. The molecular weight excluding hydrogens is 363 g/mol. The van der Waals surface area contributed by atoms with Crippen molar-refractivity contribution in [3.05, 3.63) is 81.3 Å². The molecule has 1 heterocycles. The molecule has 0 aromatic heterocycles. The highest BCUT2D eigenvalue weighted by atomic mass is 19.1. The number of rotatable bonds is 3. The van der Waals surface area contributed by atoms with Crippen LogP contribution < -0.4 is 4.90 Å².